The zero-order valence-corrected chi connectivity index (χ0v) is 17.5. The molecule has 0 atom stereocenters. The average molecular weight is 457 g/mol. The zero-order valence-electron chi connectivity index (χ0n) is 14.3. The molecule has 0 unspecified atom stereocenters. The number of morpholine rings is 1. The van der Waals surface area contributed by atoms with Crippen LogP contribution in [-0.2, 0) is 11.3 Å². The molecule has 0 saturated carbocycles. The molecule has 1 aliphatic rings. The maximum absolute atomic E-state index is 5.94. The first-order valence-electron chi connectivity index (χ1n) is 8.20. The molecule has 1 heterocycles. The highest BCUT2D eigenvalue weighted by molar-refractivity contribution is 9.10. The lowest BCUT2D eigenvalue weighted by Crippen LogP contribution is -2.40. The van der Waals surface area contributed by atoms with Crippen LogP contribution in [0, 0.1) is 0 Å². The van der Waals surface area contributed by atoms with Gasteiger partial charge in [-0.25, -0.2) is 0 Å². The van der Waals surface area contributed by atoms with Crippen molar-refractivity contribution in [3.8, 4) is 11.5 Å². The van der Waals surface area contributed by atoms with Gasteiger partial charge in [-0.1, -0.05) is 36.0 Å². The number of ether oxygens (including phenoxy) is 3. The Morgan fingerprint density at radius 3 is 2.54 bits per heavy atom. The van der Waals surface area contributed by atoms with Gasteiger partial charge < -0.3 is 19.1 Å². The summed E-state index contributed by atoms with van der Waals surface area (Å²) in [6.07, 6.45) is 0. The highest BCUT2D eigenvalue weighted by Gasteiger charge is 2.20. The molecule has 0 N–H and O–H groups in total. The van der Waals surface area contributed by atoms with Crippen LogP contribution in [0.25, 0.3) is 0 Å². The maximum atomic E-state index is 5.94. The molecule has 0 bridgehead atoms. The number of thiocarbonyl (C=S) groups is 1. The smallest absolute Gasteiger partial charge is 0.162 e. The third-order valence-corrected chi connectivity index (χ3v) is 5.48. The third-order valence-electron chi connectivity index (χ3n) is 4.09. The fraction of sp³-hybridized carbons (Fsp3) is 0.316. The van der Waals surface area contributed by atoms with E-state index in [0.29, 0.717) is 36.3 Å². The van der Waals surface area contributed by atoms with E-state index in [2.05, 4.69) is 20.8 Å². The van der Waals surface area contributed by atoms with Crippen LogP contribution in [0.15, 0.2) is 40.9 Å². The fourth-order valence-corrected chi connectivity index (χ4v) is 3.77. The molecule has 0 spiro atoms. The van der Waals surface area contributed by atoms with E-state index in [4.69, 9.17) is 38.0 Å². The predicted octanol–water partition coefficient (Wildman–Crippen LogP) is 4.70. The van der Waals surface area contributed by atoms with E-state index in [9.17, 15) is 0 Å². The minimum absolute atomic E-state index is 0.424. The first-order valence-corrected chi connectivity index (χ1v) is 9.78. The Labute approximate surface area is 172 Å². The summed E-state index contributed by atoms with van der Waals surface area (Å²) in [6, 6.07) is 11.4. The Kier molecular flexibility index (Phi) is 6.75. The van der Waals surface area contributed by atoms with Gasteiger partial charge >= 0.3 is 0 Å². The second-order valence-corrected chi connectivity index (χ2v) is 7.48. The van der Waals surface area contributed by atoms with Crippen molar-refractivity contribution in [1.82, 2.24) is 4.90 Å². The van der Waals surface area contributed by atoms with Crippen molar-refractivity contribution in [2.24, 2.45) is 0 Å². The number of halogens is 2. The van der Waals surface area contributed by atoms with Gasteiger partial charge in [0.1, 0.15) is 11.6 Å². The standard InChI is InChI=1S/C19H19BrClNO3S/c1-23-17-10-15(19(26)22-6-8-24-9-7-22)16(20)11-18(17)25-12-13-2-4-14(21)5-3-13/h2-5,10-11H,6-9,12H2,1H3. The van der Waals surface area contributed by atoms with Gasteiger partial charge in [-0.2, -0.15) is 0 Å². The largest absolute Gasteiger partial charge is 0.493 e. The molecule has 1 saturated heterocycles. The van der Waals surface area contributed by atoms with Crippen LogP contribution in [0.2, 0.25) is 5.02 Å². The number of hydrogen-bond donors (Lipinski definition) is 0. The topological polar surface area (TPSA) is 30.9 Å². The summed E-state index contributed by atoms with van der Waals surface area (Å²) >= 11 is 15.2. The lowest BCUT2D eigenvalue weighted by molar-refractivity contribution is 0.0692. The Bertz CT molecular complexity index is 779. The van der Waals surface area contributed by atoms with E-state index in [1.807, 2.05) is 36.4 Å². The van der Waals surface area contributed by atoms with Crippen molar-refractivity contribution in [3.05, 3.63) is 57.0 Å². The Balaban J connectivity index is 1.77. The third kappa shape index (κ3) is 4.68. The fourth-order valence-electron chi connectivity index (χ4n) is 2.65. The minimum Gasteiger partial charge on any atom is -0.493 e. The molecule has 1 aliphatic heterocycles. The first-order chi connectivity index (χ1) is 12.6. The molecule has 26 heavy (non-hydrogen) atoms. The first kappa shape index (κ1) is 19.4. The summed E-state index contributed by atoms with van der Waals surface area (Å²) in [6.45, 7) is 3.40. The summed E-state index contributed by atoms with van der Waals surface area (Å²) in [5, 5.41) is 0.704. The van der Waals surface area contributed by atoms with E-state index in [1.54, 1.807) is 7.11 Å². The summed E-state index contributed by atoms with van der Waals surface area (Å²) in [7, 11) is 1.62. The summed E-state index contributed by atoms with van der Waals surface area (Å²) < 4.78 is 17.7. The van der Waals surface area contributed by atoms with Crippen molar-refractivity contribution in [3.63, 3.8) is 0 Å². The molecule has 4 nitrogen and oxygen atoms in total. The molecule has 1 fully saturated rings. The monoisotopic (exact) mass is 455 g/mol. The lowest BCUT2D eigenvalue weighted by atomic mass is 10.1. The van der Waals surface area contributed by atoms with Crippen molar-refractivity contribution in [2.45, 2.75) is 6.61 Å². The molecule has 3 rings (SSSR count). The van der Waals surface area contributed by atoms with Gasteiger partial charge in [0.05, 0.1) is 20.3 Å². The number of nitrogens with zero attached hydrogens (tertiary/aromatic N) is 1. The van der Waals surface area contributed by atoms with Crippen LogP contribution in [0.3, 0.4) is 0 Å². The van der Waals surface area contributed by atoms with E-state index in [-0.39, 0.29) is 0 Å². The quantitative estimate of drug-likeness (QED) is 0.609. The number of hydrogen-bond acceptors (Lipinski definition) is 4. The van der Waals surface area contributed by atoms with Gasteiger partial charge in [0.2, 0.25) is 0 Å². The minimum atomic E-state index is 0.424. The Morgan fingerprint density at radius 1 is 1.19 bits per heavy atom. The maximum Gasteiger partial charge on any atom is 0.162 e. The van der Waals surface area contributed by atoms with Gasteiger partial charge in [-0.3, -0.25) is 0 Å². The molecule has 0 amide bonds. The van der Waals surface area contributed by atoms with Crippen LogP contribution < -0.4 is 9.47 Å². The predicted molar refractivity (Wildman–Crippen MR) is 111 cm³/mol. The summed E-state index contributed by atoms with van der Waals surface area (Å²) in [4.78, 5) is 2.93. The van der Waals surface area contributed by atoms with E-state index in [1.165, 1.54) is 0 Å². The van der Waals surface area contributed by atoms with E-state index >= 15 is 0 Å². The van der Waals surface area contributed by atoms with Gasteiger partial charge in [0.15, 0.2) is 11.5 Å². The van der Waals surface area contributed by atoms with E-state index < -0.39 is 0 Å². The van der Waals surface area contributed by atoms with Gasteiger partial charge in [0, 0.05) is 28.1 Å². The van der Waals surface area contributed by atoms with Crippen molar-refractivity contribution in [1.29, 1.82) is 0 Å². The van der Waals surface area contributed by atoms with E-state index in [0.717, 1.165) is 33.7 Å². The van der Waals surface area contributed by atoms with Gasteiger partial charge in [-0.05, 0) is 45.8 Å². The lowest BCUT2D eigenvalue weighted by Gasteiger charge is -2.29. The highest BCUT2D eigenvalue weighted by Crippen LogP contribution is 2.35. The zero-order chi connectivity index (χ0) is 18.5. The average Bonchev–Trinajstić information content (AvgIpc) is 2.68. The van der Waals surface area contributed by atoms with Gasteiger partial charge in [0.25, 0.3) is 0 Å². The molecule has 7 heteroatoms. The number of rotatable bonds is 5. The number of methoxy groups -OCH3 is 1. The SMILES string of the molecule is COc1cc(C(=S)N2CCOCC2)c(Br)cc1OCc1ccc(Cl)cc1. The molecule has 0 aromatic heterocycles. The normalized spacial score (nSPS) is 14.2. The molecule has 2 aromatic rings. The molecule has 0 radical (unpaired) electrons. The molecule has 0 aliphatic carbocycles. The molecule has 138 valence electrons. The van der Waals surface area contributed by atoms with Crippen molar-refractivity contribution >= 4 is 44.7 Å². The van der Waals surface area contributed by atoms with Crippen LogP contribution >= 0.6 is 39.7 Å². The molecule has 2 aromatic carbocycles. The van der Waals surface area contributed by atoms with Gasteiger partial charge in [-0.15, -0.1) is 0 Å². The van der Waals surface area contributed by atoms with Crippen LogP contribution in [-0.4, -0.2) is 43.3 Å². The van der Waals surface area contributed by atoms with Crippen molar-refractivity contribution in [2.75, 3.05) is 33.4 Å². The van der Waals surface area contributed by atoms with Crippen LogP contribution in [0.5, 0.6) is 11.5 Å². The van der Waals surface area contributed by atoms with Crippen LogP contribution in [0.4, 0.5) is 0 Å². The second kappa shape index (κ2) is 9.04. The second-order valence-electron chi connectivity index (χ2n) is 5.80. The highest BCUT2D eigenvalue weighted by atomic mass is 79.9. The number of benzene rings is 2. The van der Waals surface area contributed by atoms with Crippen LogP contribution in [0.1, 0.15) is 11.1 Å². The summed E-state index contributed by atoms with van der Waals surface area (Å²) in [5.41, 5.74) is 1.94. The molecular formula is C19H19BrClNO3S. The Morgan fingerprint density at radius 2 is 1.88 bits per heavy atom. The summed E-state index contributed by atoms with van der Waals surface area (Å²) in [5.74, 6) is 1.30. The van der Waals surface area contributed by atoms with Crippen molar-refractivity contribution < 1.29 is 14.2 Å². The molecular weight excluding hydrogens is 438 g/mol. The Hall–Kier alpha value is -1.34.